The van der Waals surface area contributed by atoms with Crippen LogP contribution in [-0.2, 0) is 6.54 Å². The number of benzene rings is 2. The van der Waals surface area contributed by atoms with Crippen LogP contribution < -0.4 is 10.9 Å². The van der Waals surface area contributed by atoms with Gasteiger partial charge in [-0.15, -0.1) is 0 Å². The van der Waals surface area contributed by atoms with Crippen molar-refractivity contribution in [2.75, 3.05) is 18.6 Å². The fourth-order valence-electron chi connectivity index (χ4n) is 4.17. The van der Waals surface area contributed by atoms with Crippen LogP contribution in [0.5, 0.6) is 0 Å². The molecule has 8 nitrogen and oxygen atoms in total. The first-order valence-electron chi connectivity index (χ1n) is 9.74. The maximum Gasteiger partial charge on any atom is 0.185 e. The third-order valence-electron chi connectivity index (χ3n) is 5.51. The van der Waals surface area contributed by atoms with Crippen molar-refractivity contribution in [1.82, 2.24) is 20.2 Å². The molecule has 31 heavy (non-hydrogen) atoms. The molecule has 5 rings (SSSR count). The van der Waals surface area contributed by atoms with Gasteiger partial charge in [0.15, 0.2) is 5.78 Å². The average Bonchev–Trinajstić information content (AvgIpc) is 3.14. The molecule has 3 heterocycles. The third kappa shape index (κ3) is 3.29. The Morgan fingerprint density at radius 1 is 1.16 bits per heavy atom. The Hall–Kier alpha value is -3.50. The summed E-state index contributed by atoms with van der Waals surface area (Å²) in [4.78, 5) is 21.5. The zero-order chi connectivity index (χ0) is 21.5. The lowest BCUT2D eigenvalue weighted by atomic mass is 9.82. The van der Waals surface area contributed by atoms with Crippen molar-refractivity contribution in [2.24, 2.45) is 4.99 Å². The predicted molar refractivity (Wildman–Crippen MR) is 108 cm³/mol. The van der Waals surface area contributed by atoms with Crippen molar-refractivity contribution >= 4 is 17.2 Å². The fourth-order valence-corrected chi connectivity index (χ4v) is 4.17. The number of ketones is 1. The first kappa shape index (κ1) is 19.5. The van der Waals surface area contributed by atoms with E-state index in [0.29, 0.717) is 22.8 Å². The quantitative estimate of drug-likeness (QED) is 0.592. The van der Waals surface area contributed by atoms with Gasteiger partial charge in [-0.2, -0.15) is 5.10 Å². The van der Waals surface area contributed by atoms with Gasteiger partial charge in [0.25, 0.3) is 0 Å². The predicted octanol–water partition coefficient (Wildman–Crippen LogP) is 1.99. The van der Waals surface area contributed by atoms with E-state index in [9.17, 15) is 18.7 Å². The molecule has 0 bridgehead atoms. The topological polar surface area (TPSA) is 104 Å². The van der Waals surface area contributed by atoms with Crippen molar-refractivity contribution in [1.29, 1.82) is 0 Å². The van der Waals surface area contributed by atoms with Crippen LogP contribution in [0.1, 0.15) is 39.3 Å². The molecule has 0 saturated carbocycles. The van der Waals surface area contributed by atoms with E-state index in [1.54, 1.807) is 16.8 Å². The molecule has 2 aliphatic heterocycles. The van der Waals surface area contributed by atoms with Gasteiger partial charge >= 0.3 is 0 Å². The molecule has 0 spiro atoms. The number of carbonyl (C=O) groups excluding carboxylic acids is 1. The number of aliphatic hydroxyl groups excluding tert-OH is 1. The van der Waals surface area contributed by atoms with Crippen LogP contribution >= 0.6 is 0 Å². The summed E-state index contributed by atoms with van der Waals surface area (Å²) in [5, 5.41) is 13.7. The minimum atomic E-state index is -0.550. The largest absolute Gasteiger partial charge is 0.394 e. The molecule has 1 aromatic heterocycles. The summed E-state index contributed by atoms with van der Waals surface area (Å²) >= 11 is 0. The first-order chi connectivity index (χ1) is 15.1. The summed E-state index contributed by atoms with van der Waals surface area (Å²) in [6.45, 7) is -0.0509. The second-order valence-corrected chi connectivity index (χ2v) is 7.34. The highest BCUT2D eigenvalue weighted by Crippen LogP contribution is 2.40. The smallest absolute Gasteiger partial charge is 0.185 e. The average molecular weight is 424 g/mol. The highest BCUT2D eigenvalue weighted by Gasteiger charge is 2.40. The monoisotopic (exact) mass is 424 g/mol. The molecule has 0 amide bonds. The van der Waals surface area contributed by atoms with Gasteiger partial charge in [0.2, 0.25) is 0 Å². The SMILES string of the molecule is O=C1CN=C2c3c(cc(F)cc31)NNC(c1ccc(F)cc1)C2c1ncnn1CCO. The molecule has 2 aliphatic rings. The Morgan fingerprint density at radius 2 is 1.97 bits per heavy atom. The summed E-state index contributed by atoms with van der Waals surface area (Å²) in [5.74, 6) is -1.24. The van der Waals surface area contributed by atoms with Gasteiger partial charge < -0.3 is 10.5 Å². The molecule has 0 radical (unpaired) electrons. The number of Topliss-reactive ketones (excluding diaryl/α,β-unsaturated/α-hetero) is 1. The van der Waals surface area contributed by atoms with E-state index >= 15 is 0 Å². The second-order valence-electron chi connectivity index (χ2n) is 7.34. The van der Waals surface area contributed by atoms with E-state index in [1.165, 1.54) is 30.6 Å². The van der Waals surface area contributed by atoms with Crippen LogP contribution in [0.2, 0.25) is 0 Å². The summed E-state index contributed by atoms with van der Waals surface area (Å²) in [6.07, 6.45) is 1.38. The summed E-state index contributed by atoms with van der Waals surface area (Å²) < 4.78 is 29.4. The maximum atomic E-state index is 14.2. The van der Waals surface area contributed by atoms with E-state index in [0.717, 1.165) is 5.56 Å². The number of halogens is 2. The molecule has 158 valence electrons. The lowest BCUT2D eigenvalue weighted by molar-refractivity contribution is 0.0999. The summed E-state index contributed by atoms with van der Waals surface area (Å²) in [5.41, 5.74) is 8.57. The number of nitrogens with one attached hydrogen (secondary N) is 2. The lowest BCUT2D eigenvalue weighted by Gasteiger charge is -2.28. The Morgan fingerprint density at radius 3 is 2.74 bits per heavy atom. The number of hydrazine groups is 1. The zero-order valence-electron chi connectivity index (χ0n) is 16.2. The van der Waals surface area contributed by atoms with Crippen LogP contribution in [0, 0.1) is 11.6 Å². The minimum Gasteiger partial charge on any atom is -0.394 e. The molecular weight excluding hydrogens is 406 g/mol. The zero-order valence-corrected chi connectivity index (χ0v) is 16.2. The van der Waals surface area contributed by atoms with E-state index in [-0.39, 0.29) is 36.9 Å². The molecule has 2 aromatic carbocycles. The van der Waals surface area contributed by atoms with E-state index < -0.39 is 17.8 Å². The van der Waals surface area contributed by atoms with Gasteiger partial charge in [-0.1, -0.05) is 12.1 Å². The number of hydrogen-bond acceptors (Lipinski definition) is 7. The number of aliphatic hydroxyl groups is 1. The number of aromatic nitrogens is 3. The van der Waals surface area contributed by atoms with Crippen LogP contribution in [0.25, 0.3) is 0 Å². The number of rotatable bonds is 4. The second kappa shape index (κ2) is 7.64. The van der Waals surface area contributed by atoms with Crippen LogP contribution in [0.4, 0.5) is 14.5 Å². The van der Waals surface area contributed by atoms with Crippen molar-refractivity contribution in [3.63, 3.8) is 0 Å². The van der Waals surface area contributed by atoms with Crippen LogP contribution in [-0.4, -0.2) is 44.5 Å². The van der Waals surface area contributed by atoms with Gasteiger partial charge in [-0.25, -0.2) is 23.9 Å². The Kier molecular flexibility index (Phi) is 4.79. The van der Waals surface area contributed by atoms with E-state index in [1.807, 2.05) is 0 Å². The number of carbonyl (C=O) groups is 1. The Balaban J connectivity index is 1.74. The van der Waals surface area contributed by atoms with Gasteiger partial charge in [-0.3, -0.25) is 9.79 Å². The Labute approximate surface area is 175 Å². The van der Waals surface area contributed by atoms with E-state index in [4.69, 9.17) is 0 Å². The Bertz CT molecular complexity index is 1190. The molecule has 0 saturated heterocycles. The van der Waals surface area contributed by atoms with Crippen molar-refractivity contribution in [2.45, 2.75) is 18.5 Å². The van der Waals surface area contributed by atoms with Crippen molar-refractivity contribution < 1.29 is 18.7 Å². The number of nitrogens with zero attached hydrogens (tertiary/aromatic N) is 4. The number of hydrogen-bond donors (Lipinski definition) is 3. The lowest BCUT2D eigenvalue weighted by Crippen LogP contribution is -2.35. The van der Waals surface area contributed by atoms with Gasteiger partial charge in [-0.05, 0) is 29.8 Å². The number of anilines is 1. The minimum absolute atomic E-state index is 0.119. The molecular formula is C21H18F2N6O2. The molecule has 2 unspecified atom stereocenters. The molecule has 2 atom stereocenters. The maximum absolute atomic E-state index is 14.2. The van der Waals surface area contributed by atoms with Gasteiger partial charge in [0.05, 0.1) is 36.5 Å². The molecule has 3 N–H and O–H groups in total. The highest BCUT2D eigenvalue weighted by atomic mass is 19.1. The number of aliphatic imine (C=N–C) groups is 1. The van der Waals surface area contributed by atoms with Crippen molar-refractivity contribution in [3.8, 4) is 0 Å². The molecule has 0 fully saturated rings. The van der Waals surface area contributed by atoms with Crippen LogP contribution in [0.3, 0.4) is 0 Å². The molecule has 3 aromatic rings. The summed E-state index contributed by atoms with van der Waals surface area (Å²) in [6, 6.07) is 7.98. The van der Waals surface area contributed by atoms with Gasteiger partial charge in [0.1, 0.15) is 30.3 Å². The normalized spacial score (nSPS) is 20.0. The summed E-state index contributed by atoms with van der Waals surface area (Å²) in [7, 11) is 0. The van der Waals surface area contributed by atoms with Gasteiger partial charge in [0, 0.05) is 11.1 Å². The molecule has 0 aliphatic carbocycles. The molecule has 10 heteroatoms. The highest BCUT2D eigenvalue weighted by molar-refractivity contribution is 6.20. The van der Waals surface area contributed by atoms with E-state index in [2.05, 4.69) is 25.9 Å². The van der Waals surface area contributed by atoms with Crippen molar-refractivity contribution in [3.05, 3.63) is 76.9 Å². The third-order valence-corrected chi connectivity index (χ3v) is 5.51. The fraction of sp³-hybridized carbons (Fsp3) is 0.238. The standard InChI is InChI=1S/C21H18F2N6O2/c22-12-3-1-11(2-4-12)19-18(21-25-10-26-29(21)5-6-30)20-17-14(16(31)9-24-20)7-13(23)8-15(17)27-28-19/h1-4,7-8,10,18-19,27-28,30H,5-6,9H2. The van der Waals surface area contributed by atoms with Crippen LogP contribution in [0.15, 0.2) is 47.7 Å². The first-order valence-corrected chi connectivity index (χ1v) is 9.74.